The van der Waals surface area contributed by atoms with Crippen LogP contribution in [-0.4, -0.2) is 32.3 Å². The Kier molecular flexibility index (Phi) is 4.99. The number of nitrogens with one attached hydrogen (secondary N) is 1. The molecule has 6 heteroatoms. The summed E-state index contributed by atoms with van der Waals surface area (Å²) in [4.78, 5) is 12.5. The highest BCUT2D eigenvalue weighted by Gasteiger charge is 2.68. The van der Waals surface area contributed by atoms with E-state index in [2.05, 4.69) is 19.2 Å². The van der Waals surface area contributed by atoms with Crippen LogP contribution in [0, 0.1) is 34.3 Å². The van der Waals surface area contributed by atoms with Crippen LogP contribution in [0.1, 0.15) is 51.2 Å². The fourth-order valence-electron chi connectivity index (χ4n) is 6.23. The van der Waals surface area contributed by atoms with Gasteiger partial charge in [0.05, 0.1) is 12.7 Å². The Morgan fingerprint density at radius 1 is 1.32 bits per heavy atom. The van der Waals surface area contributed by atoms with Crippen molar-refractivity contribution >= 4 is 5.91 Å². The van der Waals surface area contributed by atoms with Crippen LogP contribution in [0.15, 0.2) is 18.2 Å². The van der Waals surface area contributed by atoms with Gasteiger partial charge < -0.3 is 14.8 Å². The summed E-state index contributed by atoms with van der Waals surface area (Å²) >= 11 is 0. The second-order valence-electron chi connectivity index (χ2n) is 9.26. The summed E-state index contributed by atoms with van der Waals surface area (Å²) < 4.78 is 38.4. The van der Waals surface area contributed by atoms with Gasteiger partial charge in [0.25, 0.3) is 0 Å². The lowest BCUT2D eigenvalue weighted by molar-refractivity contribution is -0.137. The van der Waals surface area contributed by atoms with Gasteiger partial charge in [0.2, 0.25) is 5.91 Å². The number of halogens is 2. The quantitative estimate of drug-likeness (QED) is 0.823. The standard InChI is InChI=1S/C22H29F2NO3/c1-21(2)14-11-15-19(13-4-5-16(23)17(24)10-13)28-9-7-22(15,12-14)20(21)25-18(26)6-8-27-3/h4-5,10,14-15,19-20H,6-9,11-12H2,1-3H3,(H,25,26)/t14-,15-,19-,20+,22-/m1/s1. The molecule has 1 aromatic rings. The number of fused-ring (bicyclic) bond motifs is 1. The third kappa shape index (κ3) is 2.96. The van der Waals surface area contributed by atoms with E-state index in [4.69, 9.17) is 9.47 Å². The van der Waals surface area contributed by atoms with Gasteiger partial charge in [0, 0.05) is 26.2 Å². The molecule has 5 atom stereocenters. The van der Waals surface area contributed by atoms with Gasteiger partial charge in [-0.15, -0.1) is 0 Å². The molecule has 154 valence electrons. The van der Waals surface area contributed by atoms with E-state index in [9.17, 15) is 13.6 Å². The van der Waals surface area contributed by atoms with Crippen molar-refractivity contribution in [2.45, 2.75) is 51.7 Å². The van der Waals surface area contributed by atoms with Crippen LogP contribution in [0.25, 0.3) is 0 Å². The molecule has 3 fully saturated rings. The summed E-state index contributed by atoms with van der Waals surface area (Å²) in [5, 5.41) is 3.31. The van der Waals surface area contributed by atoms with Crippen molar-refractivity contribution in [2.24, 2.45) is 22.7 Å². The van der Waals surface area contributed by atoms with Gasteiger partial charge in [-0.05, 0) is 59.6 Å². The van der Waals surface area contributed by atoms with Crippen LogP contribution < -0.4 is 5.32 Å². The van der Waals surface area contributed by atoms with E-state index in [1.54, 1.807) is 13.2 Å². The second-order valence-corrected chi connectivity index (χ2v) is 9.26. The number of ether oxygens (including phenoxy) is 2. The maximum atomic E-state index is 13.9. The molecule has 2 saturated carbocycles. The SMILES string of the molecule is COCCC(=O)N[C@H]1C(C)(C)[C@@H]2C[C@@H]3[C@@H](c4ccc(F)c(F)c4)OCC[C@@]31C2. The summed E-state index contributed by atoms with van der Waals surface area (Å²) in [6.45, 7) is 5.45. The predicted octanol–water partition coefficient (Wildman–Crippen LogP) is 4.00. The summed E-state index contributed by atoms with van der Waals surface area (Å²) in [6, 6.07) is 4.12. The van der Waals surface area contributed by atoms with Crippen molar-refractivity contribution in [1.82, 2.24) is 5.32 Å². The Balaban J connectivity index is 1.63. The minimum absolute atomic E-state index is 0.00479. The van der Waals surface area contributed by atoms with E-state index < -0.39 is 11.6 Å². The Morgan fingerprint density at radius 2 is 2.11 bits per heavy atom. The number of amides is 1. The van der Waals surface area contributed by atoms with Crippen LogP contribution >= 0.6 is 0 Å². The van der Waals surface area contributed by atoms with E-state index in [1.807, 2.05) is 0 Å². The summed E-state index contributed by atoms with van der Waals surface area (Å²) in [5.74, 6) is -1.01. The molecule has 28 heavy (non-hydrogen) atoms. The van der Waals surface area contributed by atoms with Crippen LogP contribution in [0.2, 0.25) is 0 Å². The van der Waals surface area contributed by atoms with E-state index in [0.29, 0.717) is 31.1 Å². The van der Waals surface area contributed by atoms with E-state index in [0.717, 1.165) is 19.3 Å². The monoisotopic (exact) mass is 393 g/mol. The molecule has 1 aliphatic heterocycles. The first kappa shape index (κ1) is 19.8. The molecule has 1 spiro atoms. The molecule has 0 aromatic heterocycles. The van der Waals surface area contributed by atoms with Gasteiger partial charge in [0.15, 0.2) is 11.6 Å². The normalized spacial score (nSPS) is 35.6. The molecule has 0 unspecified atom stereocenters. The molecule has 1 N–H and O–H groups in total. The largest absolute Gasteiger partial charge is 0.384 e. The number of carbonyl (C=O) groups is 1. The molecule has 3 aliphatic rings. The van der Waals surface area contributed by atoms with Gasteiger partial charge >= 0.3 is 0 Å². The zero-order valence-electron chi connectivity index (χ0n) is 16.8. The number of rotatable bonds is 5. The lowest BCUT2D eigenvalue weighted by Crippen LogP contribution is -2.59. The maximum absolute atomic E-state index is 13.9. The maximum Gasteiger partial charge on any atom is 0.222 e. The van der Waals surface area contributed by atoms with Crippen molar-refractivity contribution in [2.75, 3.05) is 20.3 Å². The molecule has 2 aliphatic carbocycles. The zero-order chi connectivity index (χ0) is 20.1. The van der Waals surface area contributed by atoms with Gasteiger partial charge in [-0.25, -0.2) is 8.78 Å². The van der Waals surface area contributed by atoms with Gasteiger partial charge in [-0.1, -0.05) is 19.9 Å². The summed E-state index contributed by atoms with van der Waals surface area (Å²) in [7, 11) is 1.59. The van der Waals surface area contributed by atoms with Crippen LogP contribution in [0.4, 0.5) is 8.78 Å². The fraction of sp³-hybridized carbons (Fsp3) is 0.682. The van der Waals surface area contributed by atoms with E-state index in [1.165, 1.54) is 12.1 Å². The van der Waals surface area contributed by atoms with E-state index in [-0.39, 0.29) is 34.8 Å². The van der Waals surface area contributed by atoms with Crippen molar-refractivity contribution in [3.63, 3.8) is 0 Å². The first-order chi connectivity index (χ1) is 13.3. The molecule has 2 bridgehead atoms. The molecule has 1 aromatic carbocycles. The minimum atomic E-state index is -0.841. The van der Waals surface area contributed by atoms with Gasteiger partial charge in [-0.2, -0.15) is 0 Å². The second kappa shape index (κ2) is 7.06. The molecular weight excluding hydrogens is 364 g/mol. The lowest BCUT2D eigenvalue weighted by Gasteiger charge is -2.53. The highest BCUT2D eigenvalue weighted by atomic mass is 19.2. The third-order valence-corrected chi connectivity index (χ3v) is 7.62. The molecule has 1 saturated heterocycles. The zero-order valence-corrected chi connectivity index (χ0v) is 16.8. The number of benzene rings is 1. The lowest BCUT2D eigenvalue weighted by atomic mass is 9.59. The highest BCUT2D eigenvalue weighted by Crippen LogP contribution is 2.70. The molecule has 0 radical (unpaired) electrons. The summed E-state index contributed by atoms with van der Waals surface area (Å²) in [5.41, 5.74) is 0.623. The summed E-state index contributed by atoms with van der Waals surface area (Å²) in [6.07, 6.45) is 3.00. The van der Waals surface area contributed by atoms with Crippen molar-refractivity contribution in [1.29, 1.82) is 0 Å². The Morgan fingerprint density at radius 3 is 2.82 bits per heavy atom. The molecule has 1 amide bonds. The van der Waals surface area contributed by atoms with Crippen molar-refractivity contribution in [3.05, 3.63) is 35.4 Å². The number of methoxy groups -OCH3 is 1. The van der Waals surface area contributed by atoms with Crippen LogP contribution in [-0.2, 0) is 14.3 Å². The molecular formula is C22H29F2NO3. The number of hydrogen-bond donors (Lipinski definition) is 1. The van der Waals surface area contributed by atoms with Gasteiger partial charge in [0.1, 0.15) is 0 Å². The molecule has 4 rings (SSSR count). The molecule has 1 heterocycles. The number of carbonyl (C=O) groups excluding carboxylic acids is 1. The van der Waals surface area contributed by atoms with Crippen LogP contribution in [0.3, 0.4) is 0 Å². The van der Waals surface area contributed by atoms with Crippen molar-refractivity contribution in [3.8, 4) is 0 Å². The molecule has 4 nitrogen and oxygen atoms in total. The topological polar surface area (TPSA) is 47.6 Å². The van der Waals surface area contributed by atoms with Crippen molar-refractivity contribution < 1.29 is 23.0 Å². The third-order valence-electron chi connectivity index (χ3n) is 7.62. The van der Waals surface area contributed by atoms with Gasteiger partial charge in [-0.3, -0.25) is 4.79 Å². The Labute approximate surface area is 165 Å². The van der Waals surface area contributed by atoms with E-state index >= 15 is 0 Å². The van der Waals surface area contributed by atoms with Crippen LogP contribution in [0.5, 0.6) is 0 Å². The first-order valence-corrected chi connectivity index (χ1v) is 10.1. The minimum Gasteiger partial charge on any atom is -0.384 e. The smallest absolute Gasteiger partial charge is 0.222 e. The predicted molar refractivity (Wildman–Crippen MR) is 101 cm³/mol. The Hall–Kier alpha value is -1.53. The average molecular weight is 393 g/mol. The average Bonchev–Trinajstić information content (AvgIpc) is 3.15. The Bertz CT molecular complexity index is 768. The fourth-order valence-corrected chi connectivity index (χ4v) is 6.23. The highest BCUT2D eigenvalue weighted by molar-refractivity contribution is 5.76. The number of hydrogen-bond acceptors (Lipinski definition) is 3. The first-order valence-electron chi connectivity index (χ1n) is 10.1.